The van der Waals surface area contributed by atoms with Gasteiger partial charge in [-0.2, -0.15) is 0 Å². The lowest BCUT2D eigenvalue weighted by Crippen LogP contribution is -2.43. The van der Waals surface area contributed by atoms with Crippen molar-refractivity contribution in [1.82, 2.24) is 9.47 Å². The summed E-state index contributed by atoms with van der Waals surface area (Å²) in [5.74, 6) is 0.605. The Hall–Kier alpha value is -2.86. The zero-order chi connectivity index (χ0) is 22.9. The maximum absolute atomic E-state index is 13.9. The number of methoxy groups -OCH3 is 1. The second-order valence-electron chi connectivity index (χ2n) is 8.28. The Morgan fingerprint density at radius 2 is 1.88 bits per heavy atom. The quantitative estimate of drug-likeness (QED) is 0.247. The molecule has 1 atom stereocenters. The van der Waals surface area contributed by atoms with Gasteiger partial charge in [-0.25, -0.2) is 0 Å². The molecule has 0 fully saturated rings. The summed E-state index contributed by atoms with van der Waals surface area (Å²) in [7, 11) is 3.49. The summed E-state index contributed by atoms with van der Waals surface area (Å²) in [5.41, 5.74) is 2.83. The molecule has 0 saturated carbocycles. The van der Waals surface area contributed by atoms with Crippen molar-refractivity contribution in [3.63, 3.8) is 0 Å². The average molecular weight is 495 g/mol. The van der Waals surface area contributed by atoms with Crippen molar-refractivity contribution in [2.75, 3.05) is 13.7 Å². The van der Waals surface area contributed by atoms with E-state index in [-0.39, 0.29) is 11.7 Å². The Bertz CT molecular complexity index is 1180. The minimum atomic E-state index is -0.854. The highest BCUT2D eigenvalue weighted by atomic mass is 79.9. The Labute approximate surface area is 196 Å². The predicted molar refractivity (Wildman–Crippen MR) is 131 cm³/mol. The summed E-state index contributed by atoms with van der Waals surface area (Å²) in [6.45, 7) is 4.51. The number of unbranched alkanes of at least 4 members (excludes halogenated alkanes) is 1. The van der Waals surface area contributed by atoms with Crippen LogP contribution in [-0.4, -0.2) is 39.1 Å². The third-order valence-corrected chi connectivity index (χ3v) is 7.19. The van der Waals surface area contributed by atoms with E-state index in [2.05, 4.69) is 22.5 Å². The summed E-state index contributed by atoms with van der Waals surface area (Å²) >= 11 is 3.80. The highest BCUT2D eigenvalue weighted by Gasteiger charge is 2.45. The number of para-hydroxylation sites is 1. The number of carbonyl (C=O) groups excluding carboxylic acids is 2. The molecule has 0 N–H and O–H groups in total. The molecule has 0 bridgehead atoms. The van der Waals surface area contributed by atoms with Gasteiger partial charge in [0.2, 0.25) is 0 Å². The average Bonchev–Trinajstić information content (AvgIpc) is 3.06. The third-order valence-electron chi connectivity index (χ3n) is 6.19. The summed E-state index contributed by atoms with van der Waals surface area (Å²) in [6, 6.07) is 15.4. The lowest BCUT2D eigenvalue weighted by atomic mass is 9.91. The molecule has 0 saturated heterocycles. The summed E-state index contributed by atoms with van der Waals surface area (Å²) in [6.07, 6.45) is 4.11. The molecule has 0 spiro atoms. The topological polar surface area (TPSA) is 51.5 Å². The molecule has 1 aliphatic heterocycles. The molecule has 166 valence electrons. The van der Waals surface area contributed by atoms with Crippen LogP contribution in [0, 0.1) is 0 Å². The van der Waals surface area contributed by atoms with Gasteiger partial charge >= 0.3 is 0 Å². The molecule has 5 nitrogen and oxygen atoms in total. The van der Waals surface area contributed by atoms with Gasteiger partial charge < -0.3 is 14.2 Å². The standard InChI is InChI=1S/C26H27BrN2O3/c1-4-5-8-15-26(27)17-29(16-18-11-13-19(32-3)14-12-18)25(31)23-22(24(26)30)20-9-6-7-10-21(20)28(23)2/h4,6-7,9-14H,1,5,8,15-17H2,2-3H3. The van der Waals surface area contributed by atoms with Crippen LogP contribution in [0.3, 0.4) is 0 Å². The van der Waals surface area contributed by atoms with E-state index in [1.165, 1.54) is 0 Å². The first-order valence-electron chi connectivity index (χ1n) is 10.7. The van der Waals surface area contributed by atoms with Crippen LogP contribution >= 0.6 is 15.9 Å². The van der Waals surface area contributed by atoms with Crippen molar-refractivity contribution in [3.05, 3.63) is 78.0 Å². The molecule has 32 heavy (non-hydrogen) atoms. The molecule has 2 heterocycles. The number of hydrogen-bond acceptors (Lipinski definition) is 3. The number of carbonyl (C=O) groups is 2. The molecule has 1 amide bonds. The zero-order valence-corrected chi connectivity index (χ0v) is 20.0. The van der Waals surface area contributed by atoms with Crippen molar-refractivity contribution in [3.8, 4) is 5.75 Å². The van der Waals surface area contributed by atoms with Gasteiger partial charge in [0.15, 0.2) is 5.78 Å². The van der Waals surface area contributed by atoms with Crippen molar-refractivity contribution in [1.29, 1.82) is 0 Å². The van der Waals surface area contributed by atoms with Gasteiger partial charge in [0, 0.05) is 31.0 Å². The van der Waals surface area contributed by atoms with E-state index >= 15 is 0 Å². The van der Waals surface area contributed by atoms with Gasteiger partial charge in [0.25, 0.3) is 5.91 Å². The molecular formula is C26H27BrN2O3. The first-order valence-corrected chi connectivity index (χ1v) is 11.5. The molecule has 3 aromatic rings. The first kappa shape index (κ1) is 22.3. The first-order chi connectivity index (χ1) is 15.4. The number of hydrogen-bond donors (Lipinski definition) is 0. The lowest BCUT2D eigenvalue weighted by Gasteiger charge is -2.30. The number of Topliss-reactive ketones (excluding diaryl/α,β-unsaturated/α-hetero) is 1. The zero-order valence-electron chi connectivity index (χ0n) is 18.4. The van der Waals surface area contributed by atoms with Gasteiger partial charge in [-0.3, -0.25) is 9.59 Å². The van der Waals surface area contributed by atoms with E-state index < -0.39 is 4.32 Å². The summed E-state index contributed by atoms with van der Waals surface area (Å²) in [4.78, 5) is 29.5. The minimum absolute atomic E-state index is 0.0288. The van der Waals surface area contributed by atoms with Gasteiger partial charge in [0.1, 0.15) is 15.8 Å². The van der Waals surface area contributed by atoms with Crippen molar-refractivity contribution < 1.29 is 14.3 Å². The number of ether oxygens (including phenoxy) is 1. The van der Waals surface area contributed by atoms with Crippen LogP contribution in [0.15, 0.2) is 61.2 Å². The van der Waals surface area contributed by atoms with Crippen LogP contribution in [0.1, 0.15) is 45.7 Å². The highest BCUT2D eigenvalue weighted by Crippen LogP contribution is 2.39. The Kier molecular flexibility index (Phi) is 6.24. The van der Waals surface area contributed by atoms with Gasteiger partial charge in [-0.15, -0.1) is 6.58 Å². The van der Waals surface area contributed by atoms with Crippen LogP contribution in [0.25, 0.3) is 10.9 Å². The fraction of sp³-hybridized carbons (Fsp3) is 0.308. The molecule has 1 aliphatic rings. The van der Waals surface area contributed by atoms with Crippen LogP contribution in [0.4, 0.5) is 0 Å². The van der Waals surface area contributed by atoms with E-state index in [9.17, 15) is 9.59 Å². The number of benzene rings is 2. The highest BCUT2D eigenvalue weighted by molar-refractivity contribution is 9.10. The second kappa shape index (κ2) is 8.94. The molecule has 6 heteroatoms. The number of aryl methyl sites for hydroxylation is 1. The fourth-order valence-electron chi connectivity index (χ4n) is 4.49. The minimum Gasteiger partial charge on any atom is -0.497 e. The van der Waals surface area contributed by atoms with Crippen LogP contribution in [0.5, 0.6) is 5.75 Å². The van der Waals surface area contributed by atoms with Crippen LogP contribution in [-0.2, 0) is 13.6 Å². The van der Waals surface area contributed by atoms with E-state index in [0.29, 0.717) is 30.8 Å². The van der Waals surface area contributed by atoms with E-state index in [4.69, 9.17) is 4.74 Å². The Morgan fingerprint density at radius 1 is 1.16 bits per heavy atom. The lowest BCUT2D eigenvalue weighted by molar-refractivity contribution is 0.0717. The predicted octanol–water partition coefficient (Wildman–Crippen LogP) is 5.52. The number of halogens is 1. The third kappa shape index (κ3) is 3.88. The molecule has 2 aromatic carbocycles. The number of allylic oxidation sites excluding steroid dienone is 1. The molecule has 1 aromatic heterocycles. The summed E-state index contributed by atoms with van der Waals surface area (Å²) in [5, 5.41) is 0.821. The number of alkyl halides is 1. The normalized spacial score (nSPS) is 18.5. The van der Waals surface area contributed by atoms with Crippen LogP contribution in [0.2, 0.25) is 0 Å². The van der Waals surface area contributed by atoms with E-state index in [1.807, 2.05) is 66.2 Å². The number of fused-ring (bicyclic) bond motifs is 3. The van der Waals surface area contributed by atoms with E-state index in [1.54, 1.807) is 12.0 Å². The maximum Gasteiger partial charge on any atom is 0.271 e. The van der Waals surface area contributed by atoms with Crippen LogP contribution < -0.4 is 4.74 Å². The Morgan fingerprint density at radius 3 is 2.56 bits per heavy atom. The van der Waals surface area contributed by atoms with Crippen molar-refractivity contribution >= 4 is 38.5 Å². The van der Waals surface area contributed by atoms with Gasteiger partial charge in [0.05, 0.1) is 12.7 Å². The number of amides is 1. The Balaban J connectivity index is 1.82. The molecule has 0 aliphatic carbocycles. The van der Waals surface area contributed by atoms with Crippen molar-refractivity contribution in [2.45, 2.75) is 30.1 Å². The molecule has 0 radical (unpaired) electrons. The number of nitrogens with zero attached hydrogens (tertiary/aromatic N) is 2. The fourth-order valence-corrected chi connectivity index (χ4v) is 5.27. The number of ketones is 1. The summed E-state index contributed by atoms with van der Waals surface area (Å²) < 4.78 is 6.26. The van der Waals surface area contributed by atoms with Gasteiger partial charge in [-0.05, 0) is 43.0 Å². The molecule has 4 rings (SSSR count). The smallest absolute Gasteiger partial charge is 0.271 e. The second-order valence-corrected chi connectivity index (χ2v) is 9.80. The number of aromatic nitrogens is 1. The SMILES string of the molecule is C=CCCCC1(Br)CN(Cc2ccc(OC)cc2)C(=O)c2c(c3ccccc3n2C)C1=O. The molecule has 1 unspecified atom stereocenters. The molecular weight excluding hydrogens is 468 g/mol. The van der Waals surface area contributed by atoms with Gasteiger partial charge in [-0.1, -0.05) is 52.3 Å². The largest absolute Gasteiger partial charge is 0.497 e. The maximum atomic E-state index is 13.9. The van der Waals surface area contributed by atoms with Crippen molar-refractivity contribution in [2.24, 2.45) is 7.05 Å². The number of rotatable bonds is 7. The van der Waals surface area contributed by atoms with E-state index in [0.717, 1.165) is 35.1 Å². The monoisotopic (exact) mass is 494 g/mol.